The van der Waals surface area contributed by atoms with Crippen LogP contribution in [0.1, 0.15) is 11.1 Å². The Morgan fingerprint density at radius 1 is 0.213 bits per heavy atom. The summed E-state index contributed by atoms with van der Waals surface area (Å²) in [6.07, 6.45) is 5.55. The van der Waals surface area contributed by atoms with Gasteiger partial charge in [0.05, 0.1) is 40.2 Å². The Morgan fingerprint density at radius 2 is 0.574 bits per heavy atom. The first-order valence-corrected chi connectivity index (χ1v) is 36.2. The summed E-state index contributed by atoms with van der Waals surface area (Å²) < 4.78 is 13.2. The molecule has 0 saturated heterocycles. The minimum absolute atomic E-state index is 0.650. The van der Waals surface area contributed by atoms with Gasteiger partial charge < -0.3 is 9.47 Å². The zero-order valence-electron chi connectivity index (χ0n) is 58.0. The van der Waals surface area contributed by atoms with Crippen molar-refractivity contribution < 1.29 is 9.47 Å². The molecule has 498 valence electrons. The van der Waals surface area contributed by atoms with Gasteiger partial charge in [-0.1, -0.05) is 206 Å². The molecular formula is C101H57N5O2. The van der Waals surface area contributed by atoms with Crippen LogP contribution < -0.4 is 9.47 Å². The van der Waals surface area contributed by atoms with Crippen molar-refractivity contribution >= 4 is 97.1 Å². The average Bonchev–Trinajstić information content (AvgIpc) is 0.735. The number of hydrogen-bond acceptors (Lipinski definition) is 7. The summed E-state index contributed by atoms with van der Waals surface area (Å²) in [5.41, 5.74) is 21.9. The number of rotatable bonds is 7. The number of fused-ring (bicyclic) bond motifs is 15. The molecule has 5 heterocycles. The van der Waals surface area contributed by atoms with E-state index in [0.717, 1.165) is 145 Å². The first-order chi connectivity index (χ1) is 53.4. The summed E-state index contributed by atoms with van der Waals surface area (Å²) in [5.74, 6) is 3.18. The first-order valence-electron chi connectivity index (χ1n) is 36.2. The lowest BCUT2D eigenvalue weighted by atomic mass is 9.86. The summed E-state index contributed by atoms with van der Waals surface area (Å²) in [5, 5.41) is 38.9. The fraction of sp³-hybridized carbons (Fsp3) is 0. The zero-order chi connectivity index (χ0) is 71.5. The smallest absolute Gasteiger partial charge is 0.135 e. The fourth-order valence-corrected chi connectivity index (χ4v) is 17.0. The highest BCUT2D eigenvalue weighted by Gasteiger charge is 2.26. The van der Waals surface area contributed by atoms with E-state index in [-0.39, 0.29) is 0 Å². The van der Waals surface area contributed by atoms with Crippen LogP contribution in [0.4, 0.5) is 0 Å². The number of ether oxygens (including phenoxy) is 2. The monoisotopic (exact) mass is 1370 g/mol. The average molecular weight is 1370 g/mol. The first kappa shape index (κ1) is 61.7. The second kappa shape index (κ2) is 24.9. The Morgan fingerprint density at radius 3 is 1.02 bits per heavy atom. The number of nitrogens with zero attached hydrogens (tertiary/aromatic N) is 5. The molecule has 2 aliphatic rings. The Balaban J connectivity index is 0.000000138. The lowest BCUT2D eigenvalue weighted by Gasteiger charge is -2.23. The summed E-state index contributed by atoms with van der Waals surface area (Å²) in [7, 11) is 0. The second-order valence-electron chi connectivity index (χ2n) is 27.8. The lowest BCUT2D eigenvalue weighted by molar-refractivity contribution is 0.487. The summed E-state index contributed by atoms with van der Waals surface area (Å²) in [4.78, 5) is 14.1. The van der Waals surface area contributed by atoms with E-state index in [2.05, 4.69) is 255 Å². The second-order valence-corrected chi connectivity index (χ2v) is 27.8. The molecule has 0 aliphatic carbocycles. The molecule has 108 heavy (non-hydrogen) atoms. The number of benzene rings is 17. The van der Waals surface area contributed by atoms with E-state index in [9.17, 15) is 10.5 Å². The lowest BCUT2D eigenvalue weighted by Crippen LogP contribution is -1.98. The van der Waals surface area contributed by atoms with Gasteiger partial charge in [-0.2, -0.15) is 10.5 Å². The summed E-state index contributed by atoms with van der Waals surface area (Å²) >= 11 is 0. The van der Waals surface area contributed by atoms with Gasteiger partial charge in [0, 0.05) is 73.3 Å². The van der Waals surface area contributed by atoms with E-state index >= 15 is 0 Å². The van der Waals surface area contributed by atoms with Crippen molar-refractivity contribution in [3.05, 3.63) is 357 Å². The highest BCUT2D eigenvalue weighted by Crippen LogP contribution is 2.53. The van der Waals surface area contributed by atoms with Gasteiger partial charge in [0.2, 0.25) is 0 Å². The van der Waals surface area contributed by atoms with Crippen LogP contribution in [0.25, 0.3) is 197 Å². The van der Waals surface area contributed by atoms with E-state index in [1.807, 2.05) is 104 Å². The number of aromatic nitrogens is 3. The fourth-order valence-electron chi connectivity index (χ4n) is 17.0. The molecule has 0 atom stereocenters. The Hall–Kier alpha value is -14.9. The molecule has 0 fully saturated rings. The molecule has 17 aromatic carbocycles. The summed E-state index contributed by atoms with van der Waals surface area (Å²) in [6.45, 7) is 0. The zero-order valence-corrected chi connectivity index (χ0v) is 58.0. The topological polar surface area (TPSA) is 105 Å². The maximum atomic E-state index is 9.78. The molecule has 0 unspecified atom stereocenters. The summed E-state index contributed by atoms with van der Waals surface area (Å²) in [6, 6.07) is 120. The molecule has 20 aromatic rings. The molecular weight excluding hydrogens is 1320 g/mol. The SMILES string of the molecule is N#Cc1ccc2c3c(cccc13)Oc1cc(-c3cc4c5ccccc5c(-c5cc(-c6ccccn6)cc(-c6ccccn6)c5)cc4c4ccccc34)ccc1-2.N#Cc1ccc2c3c(cccc13)Oc1cc(-c3cc4c5ccccc5c(-c5ccc(-c6cccc7cccnc67)cc5)cc4c4ccccc34)ccc1-2. The van der Waals surface area contributed by atoms with Crippen LogP contribution in [0.2, 0.25) is 0 Å². The number of pyridine rings is 3. The molecule has 0 N–H and O–H groups in total. The van der Waals surface area contributed by atoms with Gasteiger partial charge in [0.1, 0.15) is 23.0 Å². The van der Waals surface area contributed by atoms with Crippen LogP contribution in [0.15, 0.2) is 346 Å². The predicted octanol–water partition coefficient (Wildman–Crippen LogP) is 26.9. The Kier molecular flexibility index (Phi) is 14.3. The molecule has 0 amide bonds. The number of para-hydroxylation sites is 1. The van der Waals surface area contributed by atoms with Gasteiger partial charge in [-0.3, -0.25) is 15.0 Å². The van der Waals surface area contributed by atoms with Crippen molar-refractivity contribution in [3.63, 3.8) is 0 Å². The van der Waals surface area contributed by atoms with Crippen molar-refractivity contribution in [2.24, 2.45) is 0 Å². The van der Waals surface area contributed by atoms with Gasteiger partial charge in [-0.05, 0) is 247 Å². The minimum atomic E-state index is 0.650. The number of hydrogen-bond donors (Lipinski definition) is 0. The van der Waals surface area contributed by atoms with Crippen LogP contribution in [0.3, 0.4) is 0 Å². The third-order valence-corrected chi connectivity index (χ3v) is 21.9. The van der Waals surface area contributed by atoms with Gasteiger partial charge in [-0.25, -0.2) is 0 Å². The van der Waals surface area contributed by atoms with Gasteiger partial charge >= 0.3 is 0 Å². The molecule has 22 rings (SSSR count). The highest BCUT2D eigenvalue weighted by molar-refractivity contribution is 6.26. The molecule has 0 spiro atoms. The van der Waals surface area contributed by atoms with E-state index in [4.69, 9.17) is 24.4 Å². The molecule has 0 bridgehead atoms. The van der Waals surface area contributed by atoms with Crippen molar-refractivity contribution in [2.45, 2.75) is 0 Å². The van der Waals surface area contributed by atoms with E-state index in [0.29, 0.717) is 11.1 Å². The Labute approximate surface area is 621 Å². The van der Waals surface area contributed by atoms with E-state index in [1.54, 1.807) is 0 Å². The van der Waals surface area contributed by atoms with Crippen LogP contribution in [-0.2, 0) is 0 Å². The molecule has 7 nitrogen and oxygen atoms in total. The van der Waals surface area contributed by atoms with Crippen LogP contribution >= 0.6 is 0 Å². The molecule has 0 saturated carbocycles. The maximum absolute atomic E-state index is 9.78. The Bertz CT molecular complexity index is 7260. The molecule has 3 aromatic heterocycles. The predicted molar refractivity (Wildman–Crippen MR) is 442 cm³/mol. The van der Waals surface area contributed by atoms with Crippen molar-refractivity contribution in [3.8, 4) is 136 Å². The van der Waals surface area contributed by atoms with Gasteiger partial charge in [0.25, 0.3) is 0 Å². The largest absolute Gasteiger partial charge is 0.456 e. The highest BCUT2D eigenvalue weighted by atomic mass is 16.5. The third-order valence-electron chi connectivity index (χ3n) is 21.9. The van der Waals surface area contributed by atoms with Crippen LogP contribution in [-0.4, -0.2) is 15.0 Å². The van der Waals surface area contributed by atoms with Crippen LogP contribution in [0, 0.1) is 22.7 Å². The number of nitriles is 2. The standard InChI is InChI=1S/C51H29N3O.C50H28N2O/c52-30-32-19-21-42-41-20-18-31(27-50(41)55-49-17-9-14-36(32)51(42)49)43-28-45-40-13-4-2-11-38(40)44(29-46(45)39-12-3-1-10-37(39)43)33-24-34(47-15-5-7-22-53-47)26-35(25-33)48-16-6-8-23-54-48;51-29-34-22-24-42-41-23-21-33(26-48(41)53-47-16-6-14-35(34)49(42)47)44-28-46-39-12-3-1-10-37(39)43(27-45(46)40-13-4-2-11-38(40)44)31-19-17-30(18-20-31)36-15-5-8-32-9-7-25-52-50(32)36/h1-29H;1-28H. The van der Waals surface area contributed by atoms with Crippen molar-refractivity contribution in [1.29, 1.82) is 10.5 Å². The van der Waals surface area contributed by atoms with E-state index in [1.165, 1.54) is 75.8 Å². The normalized spacial score (nSPS) is 11.8. The van der Waals surface area contributed by atoms with Crippen molar-refractivity contribution in [1.82, 2.24) is 15.0 Å². The van der Waals surface area contributed by atoms with Crippen LogP contribution in [0.5, 0.6) is 23.0 Å². The van der Waals surface area contributed by atoms with Crippen molar-refractivity contribution in [2.75, 3.05) is 0 Å². The van der Waals surface area contributed by atoms with E-state index < -0.39 is 0 Å². The maximum Gasteiger partial charge on any atom is 0.135 e. The molecule has 2 aliphatic heterocycles. The third kappa shape index (κ3) is 9.99. The molecule has 7 heteroatoms. The molecule has 0 radical (unpaired) electrons. The minimum Gasteiger partial charge on any atom is -0.456 e. The van der Waals surface area contributed by atoms with Gasteiger partial charge in [-0.15, -0.1) is 0 Å². The quantitative estimate of drug-likeness (QED) is 0.146. The van der Waals surface area contributed by atoms with Gasteiger partial charge in [0.15, 0.2) is 0 Å².